The van der Waals surface area contributed by atoms with Crippen molar-refractivity contribution in [2.24, 2.45) is 0 Å². The van der Waals surface area contributed by atoms with Gasteiger partial charge in [0.1, 0.15) is 12.7 Å². The summed E-state index contributed by atoms with van der Waals surface area (Å²) in [5.74, 6) is 1.70. The molecule has 0 amide bonds. The fraction of sp³-hybridized carbons (Fsp3) is 0.692. The van der Waals surface area contributed by atoms with Crippen LogP contribution in [-0.2, 0) is 13.1 Å². The summed E-state index contributed by atoms with van der Waals surface area (Å²) >= 11 is 0. The SMILES string of the molecule is CC(C)c1nnc(CN2CCC[C@@H]2Cn2cncn2)o1. The van der Waals surface area contributed by atoms with Crippen LogP contribution >= 0.6 is 0 Å². The lowest BCUT2D eigenvalue weighted by atomic mass is 10.2. The van der Waals surface area contributed by atoms with E-state index in [4.69, 9.17) is 4.42 Å². The van der Waals surface area contributed by atoms with Crippen LogP contribution in [0, 0.1) is 0 Å². The van der Waals surface area contributed by atoms with Crippen molar-refractivity contribution in [1.29, 1.82) is 0 Å². The highest BCUT2D eigenvalue weighted by Gasteiger charge is 2.26. The number of hydrogen-bond acceptors (Lipinski definition) is 6. The van der Waals surface area contributed by atoms with Gasteiger partial charge in [-0.25, -0.2) is 4.98 Å². The molecule has 0 spiro atoms. The molecule has 2 aromatic rings. The molecule has 0 unspecified atom stereocenters. The lowest BCUT2D eigenvalue weighted by Crippen LogP contribution is -2.32. The second-order valence-corrected chi connectivity index (χ2v) is 5.57. The Hall–Kier alpha value is -1.76. The Morgan fingerprint density at radius 2 is 2.30 bits per heavy atom. The van der Waals surface area contributed by atoms with Gasteiger partial charge in [-0.3, -0.25) is 9.58 Å². The van der Waals surface area contributed by atoms with Crippen LogP contribution in [0.4, 0.5) is 0 Å². The zero-order chi connectivity index (χ0) is 13.9. The second-order valence-electron chi connectivity index (χ2n) is 5.57. The maximum atomic E-state index is 5.69. The predicted molar refractivity (Wildman–Crippen MR) is 71.8 cm³/mol. The normalized spacial score (nSPS) is 20.1. The highest BCUT2D eigenvalue weighted by molar-refractivity contribution is 4.89. The second kappa shape index (κ2) is 5.70. The predicted octanol–water partition coefficient (Wildman–Crippen LogP) is 1.45. The van der Waals surface area contributed by atoms with Gasteiger partial charge in [-0.05, 0) is 19.4 Å². The van der Waals surface area contributed by atoms with Gasteiger partial charge in [0.05, 0.1) is 13.1 Å². The van der Waals surface area contributed by atoms with E-state index in [0.29, 0.717) is 17.8 Å². The van der Waals surface area contributed by atoms with Crippen molar-refractivity contribution >= 4 is 0 Å². The fourth-order valence-corrected chi connectivity index (χ4v) is 2.59. The number of likely N-dealkylation sites (tertiary alicyclic amines) is 1. The molecule has 1 aliphatic heterocycles. The lowest BCUT2D eigenvalue weighted by molar-refractivity contribution is 0.198. The molecule has 0 aliphatic carbocycles. The first-order chi connectivity index (χ1) is 9.72. The minimum atomic E-state index is 0.278. The van der Waals surface area contributed by atoms with Crippen LogP contribution < -0.4 is 0 Å². The van der Waals surface area contributed by atoms with Gasteiger partial charge in [-0.15, -0.1) is 10.2 Å². The minimum absolute atomic E-state index is 0.278. The van der Waals surface area contributed by atoms with E-state index in [9.17, 15) is 0 Å². The standard InChI is InChI=1S/C13H20N6O/c1-10(2)13-17-16-12(20-13)7-18-5-3-4-11(18)6-19-9-14-8-15-19/h8-11H,3-7H2,1-2H3/t11-/m1/s1. The monoisotopic (exact) mass is 276 g/mol. The molecule has 1 atom stereocenters. The molecule has 0 radical (unpaired) electrons. The zero-order valence-electron chi connectivity index (χ0n) is 11.9. The maximum Gasteiger partial charge on any atom is 0.230 e. The van der Waals surface area contributed by atoms with E-state index in [0.717, 1.165) is 19.6 Å². The van der Waals surface area contributed by atoms with Gasteiger partial charge in [0.15, 0.2) is 0 Å². The van der Waals surface area contributed by atoms with Crippen LogP contribution in [0.3, 0.4) is 0 Å². The Morgan fingerprint density at radius 1 is 1.40 bits per heavy atom. The molecule has 3 rings (SSSR count). The van der Waals surface area contributed by atoms with E-state index in [1.165, 1.54) is 12.8 Å². The van der Waals surface area contributed by atoms with Crippen molar-refractivity contribution in [3.05, 3.63) is 24.4 Å². The highest BCUT2D eigenvalue weighted by Crippen LogP contribution is 2.21. The summed E-state index contributed by atoms with van der Waals surface area (Å²) in [5, 5.41) is 12.4. The number of aromatic nitrogens is 5. The van der Waals surface area contributed by atoms with Crippen LogP contribution in [0.5, 0.6) is 0 Å². The van der Waals surface area contributed by atoms with Gasteiger partial charge < -0.3 is 4.42 Å². The summed E-state index contributed by atoms with van der Waals surface area (Å²) in [5.41, 5.74) is 0. The zero-order valence-corrected chi connectivity index (χ0v) is 11.9. The van der Waals surface area contributed by atoms with Crippen molar-refractivity contribution in [2.45, 2.75) is 51.7 Å². The summed E-state index contributed by atoms with van der Waals surface area (Å²) < 4.78 is 7.58. The Kier molecular flexibility index (Phi) is 3.77. The number of hydrogen-bond donors (Lipinski definition) is 0. The third-order valence-electron chi connectivity index (χ3n) is 3.68. The van der Waals surface area contributed by atoms with Gasteiger partial charge in [0, 0.05) is 12.0 Å². The molecule has 0 aromatic carbocycles. The molecule has 20 heavy (non-hydrogen) atoms. The van der Waals surface area contributed by atoms with Crippen molar-refractivity contribution in [1.82, 2.24) is 29.9 Å². The maximum absolute atomic E-state index is 5.69. The van der Waals surface area contributed by atoms with Crippen LogP contribution in [0.2, 0.25) is 0 Å². The van der Waals surface area contributed by atoms with Gasteiger partial charge >= 0.3 is 0 Å². The smallest absolute Gasteiger partial charge is 0.230 e. The average Bonchev–Trinajstić information content (AvgIpc) is 3.13. The molecule has 1 saturated heterocycles. The Bertz CT molecular complexity index is 535. The summed E-state index contributed by atoms with van der Waals surface area (Å²) in [6.45, 7) is 6.77. The third-order valence-corrected chi connectivity index (χ3v) is 3.68. The lowest BCUT2D eigenvalue weighted by Gasteiger charge is -2.22. The van der Waals surface area contributed by atoms with E-state index in [1.54, 1.807) is 12.7 Å². The molecule has 1 fully saturated rings. The van der Waals surface area contributed by atoms with Crippen LogP contribution in [0.1, 0.15) is 44.4 Å². The first kappa shape index (κ1) is 13.2. The van der Waals surface area contributed by atoms with Crippen molar-refractivity contribution < 1.29 is 4.42 Å². The summed E-state index contributed by atoms with van der Waals surface area (Å²) in [7, 11) is 0. The van der Waals surface area contributed by atoms with Gasteiger partial charge in [-0.2, -0.15) is 5.10 Å². The summed E-state index contributed by atoms with van der Waals surface area (Å²) in [4.78, 5) is 6.38. The molecule has 7 nitrogen and oxygen atoms in total. The molecular formula is C13H20N6O. The first-order valence-corrected chi connectivity index (χ1v) is 7.11. The van der Waals surface area contributed by atoms with Crippen LogP contribution in [-0.4, -0.2) is 42.4 Å². The molecule has 2 aromatic heterocycles. The van der Waals surface area contributed by atoms with Crippen LogP contribution in [0.15, 0.2) is 17.1 Å². The molecule has 3 heterocycles. The summed E-state index contributed by atoms with van der Waals surface area (Å²) in [6, 6.07) is 0.464. The fourth-order valence-electron chi connectivity index (χ4n) is 2.59. The van der Waals surface area contributed by atoms with Gasteiger partial charge in [0.2, 0.25) is 11.8 Å². The Balaban J connectivity index is 1.63. The van der Waals surface area contributed by atoms with E-state index >= 15 is 0 Å². The molecule has 0 saturated carbocycles. The van der Waals surface area contributed by atoms with E-state index in [2.05, 4.69) is 39.0 Å². The highest BCUT2D eigenvalue weighted by atomic mass is 16.4. The van der Waals surface area contributed by atoms with Crippen molar-refractivity contribution in [3.63, 3.8) is 0 Å². The van der Waals surface area contributed by atoms with Gasteiger partial charge in [0.25, 0.3) is 0 Å². The largest absolute Gasteiger partial charge is 0.424 e. The molecule has 7 heteroatoms. The van der Waals surface area contributed by atoms with E-state index in [1.807, 2.05) is 4.68 Å². The van der Waals surface area contributed by atoms with Crippen molar-refractivity contribution in [3.8, 4) is 0 Å². The molecule has 1 aliphatic rings. The molecular weight excluding hydrogens is 256 g/mol. The van der Waals surface area contributed by atoms with E-state index < -0.39 is 0 Å². The van der Waals surface area contributed by atoms with Gasteiger partial charge in [-0.1, -0.05) is 13.8 Å². The molecule has 108 valence electrons. The quantitative estimate of drug-likeness (QED) is 0.823. The third kappa shape index (κ3) is 2.87. The molecule has 0 N–H and O–H groups in total. The van der Waals surface area contributed by atoms with E-state index in [-0.39, 0.29) is 5.92 Å². The summed E-state index contributed by atoms with van der Waals surface area (Å²) in [6.07, 6.45) is 5.71. The topological polar surface area (TPSA) is 72.9 Å². The van der Waals surface area contributed by atoms with Crippen molar-refractivity contribution in [2.75, 3.05) is 6.54 Å². The Labute approximate surface area is 118 Å². The average molecular weight is 276 g/mol. The first-order valence-electron chi connectivity index (χ1n) is 7.11. The Morgan fingerprint density at radius 3 is 3.00 bits per heavy atom. The molecule has 0 bridgehead atoms. The minimum Gasteiger partial charge on any atom is -0.424 e. The van der Waals surface area contributed by atoms with Crippen LogP contribution in [0.25, 0.3) is 0 Å². The number of rotatable bonds is 5. The number of nitrogens with zero attached hydrogens (tertiary/aromatic N) is 6.